The second-order valence-electron chi connectivity index (χ2n) is 4.14. The van der Waals surface area contributed by atoms with Gasteiger partial charge in [-0.25, -0.2) is 4.98 Å². The molecule has 0 saturated carbocycles. The van der Waals surface area contributed by atoms with Crippen molar-refractivity contribution in [2.45, 2.75) is 13.0 Å². The van der Waals surface area contributed by atoms with Crippen molar-refractivity contribution in [3.63, 3.8) is 0 Å². The minimum atomic E-state index is -0.108. The zero-order chi connectivity index (χ0) is 14.0. The first-order chi connectivity index (χ1) is 9.02. The number of halogens is 3. The number of likely N-dealkylation sites (N-methyl/N-ethyl adjacent to an activating group) is 1. The van der Waals surface area contributed by atoms with E-state index in [1.807, 2.05) is 19.1 Å². The summed E-state index contributed by atoms with van der Waals surface area (Å²) in [4.78, 5) is 19.1. The third-order valence-electron chi connectivity index (χ3n) is 2.83. The molecule has 1 amide bonds. The second-order valence-corrected chi connectivity index (χ2v) is 6.72. The molecule has 2 N–H and O–H groups in total. The Morgan fingerprint density at radius 2 is 2.14 bits per heavy atom. The number of amides is 1. The van der Waals surface area contributed by atoms with Gasteiger partial charge in [0.2, 0.25) is 0 Å². The summed E-state index contributed by atoms with van der Waals surface area (Å²) in [5, 5.41) is 2.58. The van der Waals surface area contributed by atoms with E-state index in [0.717, 1.165) is 9.88 Å². The van der Waals surface area contributed by atoms with Crippen LogP contribution >= 0.6 is 59.1 Å². The van der Waals surface area contributed by atoms with Gasteiger partial charge in [0.25, 0.3) is 5.91 Å². The number of aromatic nitrogens is 1. The average Bonchev–Trinajstić information content (AvgIpc) is 3.04. The maximum absolute atomic E-state index is 12.2. The standard InChI is InChI=1S/C12H14ClN3OS2.2ClH/c1-7(5-14)16(2)12(17)8-6-18-11(15-8)9-3-4-10(13)19-9;;/h3-4,6-7H,5,14H2,1-2H3;2*1H. The van der Waals surface area contributed by atoms with Gasteiger partial charge in [0.15, 0.2) is 0 Å². The number of thiophene rings is 1. The van der Waals surface area contributed by atoms with E-state index >= 15 is 0 Å². The molecule has 0 bridgehead atoms. The molecule has 0 spiro atoms. The topological polar surface area (TPSA) is 59.2 Å². The molecule has 4 nitrogen and oxygen atoms in total. The van der Waals surface area contributed by atoms with Gasteiger partial charge < -0.3 is 10.6 Å². The van der Waals surface area contributed by atoms with Crippen LogP contribution in [0, 0.1) is 0 Å². The van der Waals surface area contributed by atoms with Crippen molar-refractivity contribution in [2.75, 3.05) is 13.6 Å². The molecule has 2 aromatic rings. The molecule has 2 aromatic heterocycles. The molecule has 0 aliphatic rings. The highest BCUT2D eigenvalue weighted by atomic mass is 35.5. The van der Waals surface area contributed by atoms with Crippen LogP contribution in [0.25, 0.3) is 9.88 Å². The predicted octanol–water partition coefficient (Wildman–Crippen LogP) is 3.79. The number of nitrogens with zero attached hydrogens (tertiary/aromatic N) is 2. The van der Waals surface area contributed by atoms with E-state index < -0.39 is 0 Å². The van der Waals surface area contributed by atoms with Gasteiger partial charge in [-0.3, -0.25) is 4.79 Å². The average molecular weight is 389 g/mol. The predicted molar refractivity (Wildman–Crippen MR) is 95.5 cm³/mol. The van der Waals surface area contributed by atoms with Crippen LogP contribution in [0.4, 0.5) is 0 Å². The van der Waals surface area contributed by atoms with E-state index in [-0.39, 0.29) is 36.8 Å². The maximum atomic E-state index is 12.2. The molecule has 1 atom stereocenters. The second kappa shape index (κ2) is 8.92. The summed E-state index contributed by atoms with van der Waals surface area (Å²) < 4.78 is 0.715. The molecule has 0 aliphatic carbocycles. The third-order valence-corrected chi connectivity index (χ3v) is 5.07. The first-order valence-corrected chi connectivity index (χ1v) is 7.78. The van der Waals surface area contributed by atoms with E-state index in [0.29, 0.717) is 16.6 Å². The smallest absolute Gasteiger partial charge is 0.273 e. The van der Waals surface area contributed by atoms with Gasteiger partial charge >= 0.3 is 0 Å². The van der Waals surface area contributed by atoms with Gasteiger partial charge in [0.1, 0.15) is 10.7 Å². The summed E-state index contributed by atoms with van der Waals surface area (Å²) in [7, 11) is 1.74. The van der Waals surface area contributed by atoms with Gasteiger partial charge in [0, 0.05) is 25.0 Å². The Morgan fingerprint density at radius 3 is 2.67 bits per heavy atom. The van der Waals surface area contributed by atoms with Crippen molar-refractivity contribution in [2.24, 2.45) is 5.73 Å². The minimum absolute atomic E-state index is 0. The van der Waals surface area contributed by atoms with Gasteiger partial charge in [0.05, 0.1) is 9.21 Å². The summed E-state index contributed by atoms with van der Waals surface area (Å²) in [6.07, 6.45) is 0. The van der Waals surface area contributed by atoms with Crippen LogP contribution in [-0.4, -0.2) is 35.4 Å². The Morgan fingerprint density at radius 1 is 1.48 bits per heavy atom. The number of thiazole rings is 1. The Labute approximate surface area is 149 Å². The van der Waals surface area contributed by atoms with Crippen molar-refractivity contribution < 1.29 is 4.79 Å². The first kappa shape index (κ1) is 20.6. The van der Waals surface area contributed by atoms with Crippen LogP contribution in [0.1, 0.15) is 17.4 Å². The largest absolute Gasteiger partial charge is 0.336 e. The Bertz CT molecular complexity index is 588. The van der Waals surface area contributed by atoms with Gasteiger partial charge in [-0.15, -0.1) is 47.5 Å². The van der Waals surface area contributed by atoms with Crippen molar-refractivity contribution in [1.82, 2.24) is 9.88 Å². The van der Waals surface area contributed by atoms with Crippen molar-refractivity contribution in [3.8, 4) is 9.88 Å². The molecule has 0 saturated heterocycles. The number of carbonyl (C=O) groups excluding carboxylic acids is 1. The summed E-state index contributed by atoms with van der Waals surface area (Å²) in [6, 6.07) is 3.73. The lowest BCUT2D eigenvalue weighted by molar-refractivity contribution is 0.0743. The molecular weight excluding hydrogens is 373 g/mol. The number of hydrogen-bond donors (Lipinski definition) is 1. The SMILES string of the molecule is CC(CN)N(C)C(=O)c1csc(-c2ccc(Cl)s2)n1.Cl.Cl. The summed E-state index contributed by atoms with van der Waals surface area (Å²) in [5.41, 5.74) is 6.01. The molecule has 0 fully saturated rings. The van der Waals surface area contributed by atoms with Crippen LogP contribution < -0.4 is 5.73 Å². The molecule has 1 unspecified atom stereocenters. The zero-order valence-corrected chi connectivity index (χ0v) is 15.4. The first-order valence-electron chi connectivity index (χ1n) is 5.71. The fourth-order valence-electron chi connectivity index (χ4n) is 1.45. The zero-order valence-electron chi connectivity index (χ0n) is 11.4. The van der Waals surface area contributed by atoms with Crippen LogP contribution in [0.3, 0.4) is 0 Å². The van der Waals surface area contributed by atoms with Gasteiger partial charge in [-0.1, -0.05) is 11.6 Å². The number of nitrogens with two attached hydrogens (primary N) is 1. The van der Waals surface area contributed by atoms with Crippen molar-refractivity contribution in [3.05, 3.63) is 27.5 Å². The highest BCUT2D eigenvalue weighted by Crippen LogP contribution is 2.33. The van der Waals surface area contributed by atoms with Crippen LogP contribution in [0.2, 0.25) is 4.34 Å². The van der Waals surface area contributed by atoms with Gasteiger partial charge in [-0.05, 0) is 19.1 Å². The van der Waals surface area contributed by atoms with E-state index in [4.69, 9.17) is 17.3 Å². The normalized spacial score (nSPS) is 11.2. The minimum Gasteiger partial charge on any atom is -0.336 e. The molecule has 2 heterocycles. The summed E-state index contributed by atoms with van der Waals surface area (Å²) in [5.74, 6) is -0.108. The highest BCUT2D eigenvalue weighted by molar-refractivity contribution is 7.23. The molecule has 0 radical (unpaired) electrons. The number of carbonyl (C=O) groups is 1. The lowest BCUT2D eigenvalue weighted by Crippen LogP contribution is -2.39. The number of rotatable bonds is 4. The quantitative estimate of drug-likeness (QED) is 0.867. The fourth-order valence-corrected chi connectivity index (χ4v) is 3.36. The number of hydrogen-bond acceptors (Lipinski definition) is 5. The lowest BCUT2D eigenvalue weighted by atomic mass is 10.3. The van der Waals surface area contributed by atoms with E-state index in [2.05, 4.69) is 4.98 Å². The molecule has 9 heteroatoms. The van der Waals surface area contributed by atoms with Crippen LogP contribution in [0.5, 0.6) is 0 Å². The Hall–Kier alpha value is -0.370. The molecule has 118 valence electrons. The van der Waals surface area contributed by atoms with Crippen LogP contribution in [-0.2, 0) is 0 Å². The summed E-state index contributed by atoms with van der Waals surface area (Å²) >= 11 is 8.79. The van der Waals surface area contributed by atoms with Crippen molar-refractivity contribution in [1.29, 1.82) is 0 Å². The third kappa shape index (κ3) is 4.81. The monoisotopic (exact) mass is 387 g/mol. The summed E-state index contributed by atoms with van der Waals surface area (Å²) in [6.45, 7) is 2.34. The molecule has 0 aromatic carbocycles. The Balaban J connectivity index is 0.00000200. The molecule has 21 heavy (non-hydrogen) atoms. The van der Waals surface area contributed by atoms with Crippen molar-refractivity contribution >= 4 is 65.0 Å². The molecule has 2 rings (SSSR count). The maximum Gasteiger partial charge on any atom is 0.273 e. The van der Waals surface area contributed by atoms with E-state index in [1.54, 1.807) is 17.3 Å². The van der Waals surface area contributed by atoms with Gasteiger partial charge in [-0.2, -0.15) is 0 Å². The lowest BCUT2D eigenvalue weighted by Gasteiger charge is -2.22. The fraction of sp³-hybridized carbons (Fsp3) is 0.333. The molecule has 0 aliphatic heterocycles. The van der Waals surface area contributed by atoms with Crippen LogP contribution in [0.15, 0.2) is 17.5 Å². The highest BCUT2D eigenvalue weighted by Gasteiger charge is 2.19. The Kier molecular flexibility index (Phi) is 8.77. The molecular formula is C12H16Cl3N3OS2. The van der Waals surface area contributed by atoms with E-state index in [1.165, 1.54) is 22.7 Å². The van der Waals surface area contributed by atoms with E-state index in [9.17, 15) is 4.79 Å².